The highest BCUT2D eigenvalue weighted by atomic mass is 79.9. The highest BCUT2D eigenvalue weighted by molar-refractivity contribution is 9.10. The highest BCUT2D eigenvalue weighted by Crippen LogP contribution is 2.44. The minimum atomic E-state index is -0.444. The second kappa shape index (κ2) is 5.60. The van der Waals surface area contributed by atoms with Crippen LogP contribution in [0, 0.1) is 6.92 Å². The molecule has 0 radical (unpaired) electrons. The summed E-state index contributed by atoms with van der Waals surface area (Å²) < 4.78 is 6.58. The van der Waals surface area contributed by atoms with Crippen molar-refractivity contribution in [3.63, 3.8) is 0 Å². The highest BCUT2D eigenvalue weighted by Gasteiger charge is 2.33. The molecule has 1 aliphatic heterocycles. The number of nitrogens with one attached hydrogen (secondary N) is 1. The number of H-pyrrole nitrogens is 1. The number of aromatic hydroxyl groups is 2. The molecule has 1 aliphatic rings. The van der Waals surface area contributed by atoms with Crippen LogP contribution in [-0.2, 0) is 11.3 Å². The van der Waals surface area contributed by atoms with Crippen molar-refractivity contribution in [1.29, 1.82) is 0 Å². The van der Waals surface area contributed by atoms with Crippen molar-refractivity contribution < 1.29 is 32.3 Å². The Morgan fingerprint density at radius 3 is 2.85 bits per heavy atom. The van der Waals surface area contributed by atoms with Gasteiger partial charge in [-0.15, -0.1) is 0 Å². The molecule has 0 spiro atoms. The molecule has 1 atom stereocenters. The van der Waals surface area contributed by atoms with Gasteiger partial charge in [-0.1, -0.05) is 15.9 Å². The maximum Gasteiger partial charge on any atom is 0.219 e. The molecule has 3 N–H and O–H groups in total. The van der Waals surface area contributed by atoms with Gasteiger partial charge in [0.05, 0.1) is 12.2 Å². The zero-order chi connectivity index (χ0) is 13.6. The monoisotopic (exact) mass is 357 g/mol. The summed E-state index contributed by atoms with van der Waals surface area (Å²) >= 11 is 3.38. The Bertz CT molecular complexity index is 663. The molecule has 0 aliphatic carbocycles. The molecule has 1 aromatic carbocycles. The van der Waals surface area contributed by atoms with E-state index < -0.39 is 6.10 Å². The van der Waals surface area contributed by atoms with Crippen LogP contribution < -0.4 is 17.4 Å². The first-order chi connectivity index (χ1) is 9.08. The summed E-state index contributed by atoms with van der Waals surface area (Å²) in [4.78, 5) is 3.00. The number of hydrogen-bond acceptors (Lipinski definition) is 3. The first-order valence-corrected chi connectivity index (χ1v) is 6.70. The van der Waals surface area contributed by atoms with Crippen molar-refractivity contribution in [3.05, 3.63) is 51.3 Å². The number of rotatable bonds is 1. The number of halogens is 2. The van der Waals surface area contributed by atoms with Crippen LogP contribution in [0.15, 0.2) is 28.9 Å². The Labute approximate surface area is 131 Å². The van der Waals surface area contributed by atoms with Crippen LogP contribution in [0.5, 0.6) is 11.5 Å². The standard InChI is InChI=1S/C14H12BrNO3.ClH/c1-7-13(18)12-8(5-16-7)6-19-14(12)10-4-9(15)2-3-11(10)17;/h2-5,14,17-18H,6H2,1H3;1H. The average molecular weight is 359 g/mol. The van der Waals surface area contributed by atoms with Crippen LogP contribution in [0.2, 0.25) is 0 Å². The largest absolute Gasteiger partial charge is 1.00 e. The Morgan fingerprint density at radius 2 is 2.10 bits per heavy atom. The quantitative estimate of drug-likeness (QED) is 0.730. The number of phenols is 1. The third-order valence-electron chi connectivity index (χ3n) is 3.36. The molecule has 0 saturated carbocycles. The fourth-order valence-corrected chi connectivity index (χ4v) is 2.72. The number of aromatic amines is 1. The Morgan fingerprint density at radius 1 is 1.35 bits per heavy atom. The lowest BCUT2D eigenvalue weighted by Gasteiger charge is -2.14. The fourth-order valence-electron chi connectivity index (χ4n) is 2.34. The molecule has 0 fully saturated rings. The van der Waals surface area contributed by atoms with E-state index >= 15 is 0 Å². The first-order valence-electron chi connectivity index (χ1n) is 5.91. The number of hydrogen-bond donors (Lipinski definition) is 2. The summed E-state index contributed by atoms with van der Waals surface area (Å²) in [6.07, 6.45) is 1.39. The summed E-state index contributed by atoms with van der Waals surface area (Å²) in [6, 6.07) is 5.18. The molecule has 106 valence electrons. The number of ether oxygens (including phenoxy) is 1. The molecule has 2 heterocycles. The van der Waals surface area contributed by atoms with Crippen molar-refractivity contribution in [3.8, 4) is 11.5 Å². The molecule has 0 bridgehead atoms. The van der Waals surface area contributed by atoms with Gasteiger partial charge in [0.1, 0.15) is 11.9 Å². The van der Waals surface area contributed by atoms with E-state index in [2.05, 4.69) is 20.9 Å². The molecule has 2 aromatic rings. The van der Waals surface area contributed by atoms with Crippen molar-refractivity contribution in [2.75, 3.05) is 0 Å². The smallest absolute Gasteiger partial charge is 0.219 e. The maximum atomic E-state index is 10.2. The first kappa shape index (κ1) is 15.1. The predicted molar refractivity (Wildman–Crippen MR) is 71.8 cm³/mol. The van der Waals surface area contributed by atoms with Crippen LogP contribution in [0.25, 0.3) is 0 Å². The molecule has 0 amide bonds. The van der Waals surface area contributed by atoms with Crippen LogP contribution >= 0.6 is 15.9 Å². The molecular formula is C14H13BrClNO3. The van der Waals surface area contributed by atoms with E-state index in [-0.39, 0.29) is 23.9 Å². The molecule has 4 nitrogen and oxygen atoms in total. The summed E-state index contributed by atoms with van der Waals surface area (Å²) in [6.45, 7) is 2.21. The van der Waals surface area contributed by atoms with Gasteiger partial charge >= 0.3 is 0 Å². The average Bonchev–Trinajstić information content (AvgIpc) is 2.81. The van der Waals surface area contributed by atoms with E-state index in [1.807, 2.05) is 6.20 Å². The van der Waals surface area contributed by atoms with E-state index in [1.165, 1.54) is 0 Å². The van der Waals surface area contributed by atoms with Gasteiger partial charge in [-0.25, -0.2) is 4.98 Å². The number of phenolic OH excluding ortho intramolecular Hbond substituents is 1. The van der Waals surface area contributed by atoms with E-state index in [9.17, 15) is 10.2 Å². The molecular weight excluding hydrogens is 346 g/mol. The van der Waals surface area contributed by atoms with Gasteiger partial charge in [-0.2, -0.15) is 0 Å². The minimum absolute atomic E-state index is 0. The van der Waals surface area contributed by atoms with Crippen LogP contribution in [0.1, 0.15) is 28.5 Å². The second-order valence-corrected chi connectivity index (χ2v) is 5.51. The summed E-state index contributed by atoms with van der Waals surface area (Å²) in [5.74, 6) is 0.352. The number of pyridine rings is 1. The van der Waals surface area contributed by atoms with Crippen molar-refractivity contribution >= 4 is 15.9 Å². The number of aryl methyl sites for hydroxylation is 1. The predicted octanol–water partition coefficient (Wildman–Crippen LogP) is -0.394. The van der Waals surface area contributed by atoms with Gasteiger partial charge in [-0.3, -0.25) is 0 Å². The van der Waals surface area contributed by atoms with Crippen molar-refractivity contribution in [1.82, 2.24) is 0 Å². The molecule has 3 rings (SSSR count). The Kier molecular flexibility index (Phi) is 4.22. The molecule has 1 aromatic heterocycles. The second-order valence-electron chi connectivity index (χ2n) is 4.60. The Hall–Kier alpha value is -1.30. The van der Waals surface area contributed by atoms with Crippen molar-refractivity contribution in [2.24, 2.45) is 0 Å². The zero-order valence-electron chi connectivity index (χ0n) is 10.7. The lowest BCUT2D eigenvalue weighted by molar-refractivity contribution is -0.389. The normalized spacial score (nSPS) is 16.6. The third kappa shape index (κ3) is 2.37. The number of fused-ring (bicyclic) bond motifs is 1. The van der Waals surface area contributed by atoms with Gasteiger partial charge in [0, 0.05) is 22.5 Å². The van der Waals surface area contributed by atoms with Crippen LogP contribution in [-0.4, -0.2) is 10.2 Å². The van der Waals surface area contributed by atoms with Gasteiger partial charge in [0.15, 0.2) is 11.9 Å². The maximum absolute atomic E-state index is 10.2. The van der Waals surface area contributed by atoms with Gasteiger partial charge in [0.25, 0.3) is 0 Å². The number of aromatic nitrogens is 1. The SMILES string of the molecule is Cc1[nH+]cc2c(c1O)C(c1cc(Br)ccc1O)OC2.[Cl-]. The summed E-state index contributed by atoms with van der Waals surface area (Å²) in [7, 11) is 0. The molecule has 0 saturated heterocycles. The van der Waals surface area contributed by atoms with E-state index in [0.717, 1.165) is 15.6 Å². The van der Waals surface area contributed by atoms with Crippen LogP contribution in [0.4, 0.5) is 0 Å². The van der Waals surface area contributed by atoms with E-state index in [0.29, 0.717) is 17.9 Å². The van der Waals surface area contributed by atoms with E-state index in [1.54, 1.807) is 25.1 Å². The lowest BCUT2D eigenvalue weighted by Crippen LogP contribution is -3.00. The van der Waals surface area contributed by atoms with Gasteiger partial charge in [-0.05, 0) is 18.2 Å². The van der Waals surface area contributed by atoms with Gasteiger partial charge in [0.2, 0.25) is 5.69 Å². The minimum Gasteiger partial charge on any atom is -1.00 e. The Balaban J connectivity index is 0.00000147. The topological polar surface area (TPSA) is 63.8 Å². The number of benzene rings is 1. The summed E-state index contributed by atoms with van der Waals surface area (Å²) in [5.41, 5.74) is 2.97. The van der Waals surface area contributed by atoms with Crippen LogP contribution in [0.3, 0.4) is 0 Å². The summed E-state index contributed by atoms with van der Waals surface area (Å²) in [5, 5.41) is 20.2. The molecule has 6 heteroatoms. The van der Waals surface area contributed by atoms with E-state index in [4.69, 9.17) is 4.74 Å². The third-order valence-corrected chi connectivity index (χ3v) is 3.85. The van der Waals surface area contributed by atoms with Crippen molar-refractivity contribution in [2.45, 2.75) is 19.6 Å². The zero-order valence-corrected chi connectivity index (χ0v) is 13.0. The molecule has 20 heavy (non-hydrogen) atoms. The fraction of sp³-hybridized carbons (Fsp3) is 0.214. The molecule has 1 unspecified atom stereocenters. The van der Waals surface area contributed by atoms with Gasteiger partial charge < -0.3 is 27.4 Å². The lowest BCUT2D eigenvalue weighted by atomic mass is 9.98.